The van der Waals surface area contributed by atoms with Gasteiger partial charge in [0, 0.05) is 24.0 Å². The average Bonchev–Trinajstić information content (AvgIpc) is 2.48. The Morgan fingerprint density at radius 1 is 1.20 bits per heavy atom. The molecule has 3 heteroatoms. The molecule has 1 aromatic heterocycles. The first-order chi connectivity index (χ1) is 9.70. The number of aromatic nitrogens is 1. The molecular formula is C17H22N2O. The van der Waals surface area contributed by atoms with Crippen LogP contribution in [0.1, 0.15) is 29.7 Å². The zero-order valence-electron chi connectivity index (χ0n) is 12.4. The predicted molar refractivity (Wildman–Crippen MR) is 82.1 cm³/mol. The van der Waals surface area contributed by atoms with Gasteiger partial charge in [-0.3, -0.25) is 4.98 Å². The fraction of sp³-hybridized carbons (Fsp3) is 0.353. The minimum Gasteiger partial charge on any atom is -0.496 e. The van der Waals surface area contributed by atoms with Gasteiger partial charge in [0.15, 0.2) is 0 Å². The molecule has 1 heterocycles. The van der Waals surface area contributed by atoms with Crippen molar-refractivity contribution in [1.82, 2.24) is 10.3 Å². The lowest BCUT2D eigenvalue weighted by atomic mass is 10.0. The van der Waals surface area contributed by atoms with E-state index >= 15 is 0 Å². The molecule has 106 valence electrons. The highest BCUT2D eigenvalue weighted by atomic mass is 16.5. The molecular weight excluding hydrogens is 248 g/mol. The molecule has 0 saturated carbocycles. The van der Waals surface area contributed by atoms with Gasteiger partial charge in [-0.05, 0) is 50.6 Å². The quantitative estimate of drug-likeness (QED) is 0.874. The molecule has 2 rings (SSSR count). The number of aryl methyl sites for hydroxylation is 1. The summed E-state index contributed by atoms with van der Waals surface area (Å²) in [6.07, 6.45) is 4.67. The third-order valence-corrected chi connectivity index (χ3v) is 3.47. The molecule has 0 amide bonds. The molecule has 0 aliphatic carbocycles. The van der Waals surface area contributed by atoms with Crippen molar-refractivity contribution in [3.05, 3.63) is 59.4 Å². The maximum atomic E-state index is 5.44. The Kier molecular flexibility index (Phi) is 5.13. The molecule has 0 fully saturated rings. The van der Waals surface area contributed by atoms with Gasteiger partial charge in [0.2, 0.25) is 0 Å². The maximum Gasteiger partial charge on any atom is 0.123 e. The van der Waals surface area contributed by atoms with Crippen LogP contribution in [0.15, 0.2) is 42.7 Å². The molecule has 1 atom stereocenters. The summed E-state index contributed by atoms with van der Waals surface area (Å²) in [7, 11) is 1.72. The normalized spacial score (nSPS) is 12.2. The Balaban J connectivity index is 1.95. The number of methoxy groups -OCH3 is 1. The van der Waals surface area contributed by atoms with Gasteiger partial charge in [-0.15, -0.1) is 0 Å². The number of pyridine rings is 1. The lowest BCUT2D eigenvalue weighted by molar-refractivity contribution is 0.401. The minimum atomic E-state index is 0.270. The SMILES string of the molecule is COc1ccc(C)cc1C(C)NCCc1ccncc1. The number of hydrogen-bond donors (Lipinski definition) is 1. The molecule has 0 bridgehead atoms. The van der Waals surface area contributed by atoms with Crippen molar-refractivity contribution in [3.8, 4) is 5.75 Å². The number of benzene rings is 1. The second kappa shape index (κ2) is 7.06. The molecule has 20 heavy (non-hydrogen) atoms. The molecule has 2 aromatic rings. The van der Waals surface area contributed by atoms with Crippen molar-refractivity contribution in [2.45, 2.75) is 26.3 Å². The number of nitrogens with zero attached hydrogens (tertiary/aromatic N) is 1. The smallest absolute Gasteiger partial charge is 0.123 e. The second-order valence-electron chi connectivity index (χ2n) is 5.03. The second-order valence-corrected chi connectivity index (χ2v) is 5.03. The van der Waals surface area contributed by atoms with Crippen LogP contribution in [-0.2, 0) is 6.42 Å². The van der Waals surface area contributed by atoms with Gasteiger partial charge in [0.05, 0.1) is 7.11 Å². The summed E-state index contributed by atoms with van der Waals surface area (Å²) in [4.78, 5) is 4.03. The first kappa shape index (κ1) is 14.5. The number of nitrogens with one attached hydrogen (secondary N) is 1. The zero-order valence-corrected chi connectivity index (χ0v) is 12.4. The fourth-order valence-electron chi connectivity index (χ4n) is 2.28. The van der Waals surface area contributed by atoms with Gasteiger partial charge in [-0.25, -0.2) is 0 Å². The fourth-order valence-corrected chi connectivity index (χ4v) is 2.28. The summed E-state index contributed by atoms with van der Waals surface area (Å²) >= 11 is 0. The molecule has 0 spiro atoms. The highest BCUT2D eigenvalue weighted by Crippen LogP contribution is 2.25. The Hall–Kier alpha value is -1.87. The molecule has 1 N–H and O–H groups in total. The van der Waals surface area contributed by atoms with Gasteiger partial charge < -0.3 is 10.1 Å². The Labute approximate surface area is 121 Å². The van der Waals surface area contributed by atoms with Crippen LogP contribution >= 0.6 is 0 Å². The van der Waals surface area contributed by atoms with Crippen LogP contribution in [-0.4, -0.2) is 18.6 Å². The minimum absolute atomic E-state index is 0.270. The van der Waals surface area contributed by atoms with Gasteiger partial charge in [-0.1, -0.05) is 17.7 Å². The molecule has 1 aromatic carbocycles. The van der Waals surface area contributed by atoms with E-state index in [4.69, 9.17) is 4.74 Å². The van der Waals surface area contributed by atoms with Crippen LogP contribution < -0.4 is 10.1 Å². The van der Waals surface area contributed by atoms with E-state index in [0.717, 1.165) is 18.7 Å². The first-order valence-corrected chi connectivity index (χ1v) is 6.97. The van der Waals surface area contributed by atoms with Crippen LogP contribution in [0.5, 0.6) is 5.75 Å². The standard InChI is InChI=1S/C17H22N2O/c1-13-4-5-17(20-3)16(12-13)14(2)19-11-8-15-6-9-18-10-7-15/h4-7,9-10,12,14,19H,8,11H2,1-3H3. The maximum absolute atomic E-state index is 5.44. The highest BCUT2D eigenvalue weighted by molar-refractivity contribution is 5.38. The molecule has 0 aliphatic rings. The summed E-state index contributed by atoms with van der Waals surface area (Å²) in [6.45, 7) is 5.21. The van der Waals surface area contributed by atoms with Crippen molar-refractivity contribution in [3.63, 3.8) is 0 Å². The number of ether oxygens (including phenoxy) is 1. The monoisotopic (exact) mass is 270 g/mol. The third kappa shape index (κ3) is 3.81. The summed E-state index contributed by atoms with van der Waals surface area (Å²) in [5.74, 6) is 0.944. The molecule has 3 nitrogen and oxygen atoms in total. The average molecular weight is 270 g/mol. The third-order valence-electron chi connectivity index (χ3n) is 3.47. The van der Waals surface area contributed by atoms with Crippen LogP contribution in [0.3, 0.4) is 0 Å². The Morgan fingerprint density at radius 3 is 2.65 bits per heavy atom. The molecule has 0 aliphatic heterocycles. The molecule has 0 radical (unpaired) electrons. The van der Waals surface area contributed by atoms with Crippen molar-refractivity contribution in [1.29, 1.82) is 0 Å². The van der Waals surface area contributed by atoms with E-state index in [1.807, 2.05) is 18.5 Å². The highest BCUT2D eigenvalue weighted by Gasteiger charge is 2.10. The summed E-state index contributed by atoms with van der Waals surface area (Å²) in [5.41, 5.74) is 3.77. The topological polar surface area (TPSA) is 34.1 Å². The van der Waals surface area contributed by atoms with Crippen molar-refractivity contribution < 1.29 is 4.74 Å². The van der Waals surface area contributed by atoms with Crippen LogP contribution in [0.2, 0.25) is 0 Å². The van der Waals surface area contributed by atoms with E-state index in [1.54, 1.807) is 7.11 Å². The lowest BCUT2D eigenvalue weighted by Crippen LogP contribution is -2.22. The molecule has 1 unspecified atom stereocenters. The van der Waals surface area contributed by atoms with E-state index in [1.165, 1.54) is 16.7 Å². The van der Waals surface area contributed by atoms with Crippen LogP contribution in [0.4, 0.5) is 0 Å². The predicted octanol–water partition coefficient (Wildman–Crippen LogP) is 3.29. The van der Waals surface area contributed by atoms with E-state index < -0.39 is 0 Å². The summed E-state index contributed by atoms with van der Waals surface area (Å²) in [6, 6.07) is 10.7. The number of rotatable bonds is 6. The van der Waals surface area contributed by atoms with Gasteiger partial charge in [0.1, 0.15) is 5.75 Å². The van der Waals surface area contributed by atoms with Crippen molar-refractivity contribution in [2.75, 3.05) is 13.7 Å². The Bertz CT molecular complexity index is 540. The van der Waals surface area contributed by atoms with Crippen LogP contribution in [0, 0.1) is 6.92 Å². The van der Waals surface area contributed by atoms with Gasteiger partial charge in [-0.2, -0.15) is 0 Å². The lowest BCUT2D eigenvalue weighted by Gasteiger charge is -2.18. The van der Waals surface area contributed by atoms with Crippen molar-refractivity contribution >= 4 is 0 Å². The summed E-state index contributed by atoms with van der Waals surface area (Å²) < 4.78 is 5.44. The van der Waals surface area contributed by atoms with E-state index in [2.05, 4.69) is 48.4 Å². The first-order valence-electron chi connectivity index (χ1n) is 6.97. The Morgan fingerprint density at radius 2 is 1.95 bits per heavy atom. The van der Waals surface area contributed by atoms with E-state index in [9.17, 15) is 0 Å². The van der Waals surface area contributed by atoms with Gasteiger partial charge >= 0.3 is 0 Å². The summed E-state index contributed by atoms with van der Waals surface area (Å²) in [5, 5.41) is 3.55. The number of hydrogen-bond acceptors (Lipinski definition) is 3. The largest absolute Gasteiger partial charge is 0.496 e. The van der Waals surface area contributed by atoms with E-state index in [-0.39, 0.29) is 6.04 Å². The van der Waals surface area contributed by atoms with Crippen LogP contribution in [0.25, 0.3) is 0 Å². The molecule has 0 saturated heterocycles. The van der Waals surface area contributed by atoms with Crippen molar-refractivity contribution in [2.24, 2.45) is 0 Å². The van der Waals surface area contributed by atoms with Gasteiger partial charge in [0.25, 0.3) is 0 Å². The zero-order chi connectivity index (χ0) is 14.4. The van der Waals surface area contributed by atoms with E-state index in [0.29, 0.717) is 0 Å².